The summed E-state index contributed by atoms with van der Waals surface area (Å²) in [6, 6.07) is 7.47. The Morgan fingerprint density at radius 2 is 1.68 bits per heavy atom. The van der Waals surface area contributed by atoms with E-state index in [0.29, 0.717) is 37.5 Å². The third kappa shape index (κ3) is 8.13. The Kier molecular flexibility index (Phi) is 10.3. The second-order valence-corrected chi connectivity index (χ2v) is 9.71. The number of nitrogens with two attached hydrogens (primary N) is 1. The number of aliphatic hydroxyl groups excluding tert-OH is 1. The molecule has 2 heterocycles. The molecule has 0 aliphatic carbocycles. The van der Waals surface area contributed by atoms with Gasteiger partial charge in [-0.2, -0.15) is 15.0 Å². The van der Waals surface area contributed by atoms with Crippen LogP contribution in [0.25, 0.3) is 0 Å². The Morgan fingerprint density at radius 1 is 1.00 bits per heavy atom. The lowest BCUT2D eigenvalue weighted by atomic mass is 10.3. The van der Waals surface area contributed by atoms with Gasteiger partial charge < -0.3 is 26.8 Å². The average molecular weight is 505 g/mol. The third-order valence-electron chi connectivity index (χ3n) is 4.31. The van der Waals surface area contributed by atoms with Crippen LogP contribution in [0.4, 0.5) is 35.2 Å². The molecule has 6 N–H and O–H groups in total. The highest BCUT2D eigenvalue weighted by molar-refractivity contribution is 8.76. The first-order chi connectivity index (χ1) is 16.6. The van der Waals surface area contributed by atoms with Gasteiger partial charge in [0.25, 0.3) is 0 Å². The average Bonchev–Trinajstić information content (AvgIpc) is 3.16. The number of aliphatic hydroxyl groups is 1. The lowest BCUT2D eigenvalue weighted by Gasteiger charge is -2.11. The number of azo groups is 1. The topological polar surface area (TPSA) is 155 Å². The highest BCUT2D eigenvalue weighted by Gasteiger charge is 2.11. The van der Waals surface area contributed by atoms with Gasteiger partial charge in [-0.15, -0.1) is 0 Å². The van der Waals surface area contributed by atoms with Crippen LogP contribution < -0.4 is 26.3 Å². The molecule has 182 valence electrons. The van der Waals surface area contributed by atoms with E-state index in [1.807, 2.05) is 59.9 Å². The molecule has 0 bridgehead atoms. The number of nitrogens with zero attached hydrogens (tertiary/aromatic N) is 7. The normalized spacial score (nSPS) is 11.2. The maximum atomic E-state index is 9.11. The molecule has 0 unspecified atom stereocenters. The lowest BCUT2D eigenvalue weighted by Crippen LogP contribution is -2.25. The molecule has 0 atom stereocenters. The zero-order valence-corrected chi connectivity index (χ0v) is 20.8. The smallest absolute Gasteiger partial charge is 0.395 e. The second kappa shape index (κ2) is 13.7. The van der Waals surface area contributed by atoms with Gasteiger partial charge in [0.05, 0.1) is 33.1 Å². The van der Waals surface area contributed by atoms with Crippen LogP contribution in [-0.2, 0) is 14.1 Å². The standard InChI is InChI=1S/C20H29N11OS2/c1-30-10-11-31(2)20(30)29-28-16-5-3-15(4-6-16)24-19-26-17(22-8-12-32)25-18(27-19)23-9-14-34-33-13-7-21/h3-6,10-11,32H,7-9,12-14,21H2,1-2H3,(H2,22,23,25,26,27)/p+1. The van der Waals surface area contributed by atoms with Gasteiger partial charge in [0, 0.05) is 41.9 Å². The monoisotopic (exact) mass is 504 g/mol. The molecule has 0 aliphatic rings. The highest BCUT2D eigenvalue weighted by Crippen LogP contribution is 2.22. The zero-order valence-electron chi connectivity index (χ0n) is 19.2. The molecule has 0 radical (unpaired) electrons. The fourth-order valence-corrected chi connectivity index (χ4v) is 4.46. The van der Waals surface area contributed by atoms with E-state index >= 15 is 0 Å². The minimum Gasteiger partial charge on any atom is -0.395 e. The summed E-state index contributed by atoms with van der Waals surface area (Å²) in [5, 5.41) is 27.1. The van der Waals surface area contributed by atoms with Crippen molar-refractivity contribution in [2.75, 3.05) is 53.7 Å². The van der Waals surface area contributed by atoms with Crippen LogP contribution in [0.5, 0.6) is 0 Å². The zero-order chi connectivity index (χ0) is 24.2. The van der Waals surface area contributed by atoms with Crippen molar-refractivity contribution in [1.82, 2.24) is 19.5 Å². The van der Waals surface area contributed by atoms with Crippen molar-refractivity contribution in [2.45, 2.75) is 0 Å². The summed E-state index contributed by atoms with van der Waals surface area (Å²) >= 11 is 0. The van der Waals surface area contributed by atoms with Crippen LogP contribution in [0.3, 0.4) is 0 Å². The number of aromatic nitrogens is 5. The van der Waals surface area contributed by atoms with Crippen LogP contribution in [0, 0.1) is 0 Å². The van der Waals surface area contributed by atoms with Crippen LogP contribution in [0.1, 0.15) is 0 Å². The second-order valence-electron chi connectivity index (χ2n) is 7.01. The maximum Gasteiger partial charge on any atom is 0.421 e. The summed E-state index contributed by atoms with van der Waals surface area (Å²) in [6.45, 7) is 1.68. The van der Waals surface area contributed by atoms with E-state index in [-0.39, 0.29) is 6.61 Å². The van der Waals surface area contributed by atoms with Crippen molar-refractivity contribution < 1.29 is 9.67 Å². The number of anilines is 4. The van der Waals surface area contributed by atoms with E-state index in [4.69, 9.17) is 10.8 Å². The number of aryl methyl sites for hydroxylation is 2. The SMILES string of the molecule is Cn1cc[n+](C)c1N=Nc1ccc(Nc2nc(NCCO)nc(NCCSSCCN)n2)cc1. The largest absolute Gasteiger partial charge is 0.421 e. The number of benzene rings is 1. The summed E-state index contributed by atoms with van der Waals surface area (Å²) < 4.78 is 3.79. The minimum absolute atomic E-state index is 0.0248. The van der Waals surface area contributed by atoms with E-state index < -0.39 is 0 Å². The van der Waals surface area contributed by atoms with Gasteiger partial charge in [0.2, 0.25) is 17.8 Å². The van der Waals surface area contributed by atoms with Gasteiger partial charge >= 0.3 is 5.95 Å². The summed E-state index contributed by atoms with van der Waals surface area (Å²) in [7, 11) is 7.33. The maximum absolute atomic E-state index is 9.11. The fraction of sp³-hybridized carbons (Fsp3) is 0.400. The molecule has 34 heavy (non-hydrogen) atoms. The molecule has 1 aromatic carbocycles. The highest BCUT2D eigenvalue weighted by atomic mass is 33.1. The van der Waals surface area contributed by atoms with Crippen LogP contribution in [0.15, 0.2) is 46.9 Å². The molecule has 0 spiro atoms. The van der Waals surface area contributed by atoms with E-state index in [1.54, 1.807) is 21.6 Å². The van der Waals surface area contributed by atoms with Crippen molar-refractivity contribution >= 4 is 56.8 Å². The summed E-state index contributed by atoms with van der Waals surface area (Å²) in [6.07, 6.45) is 3.84. The van der Waals surface area contributed by atoms with Gasteiger partial charge in [-0.25, -0.2) is 9.13 Å². The predicted octanol–water partition coefficient (Wildman–Crippen LogP) is 2.35. The van der Waals surface area contributed by atoms with Crippen molar-refractivity contribution in [1.29, 1.82) is 0 Å². The molecule has 0 saturated heterocycles. The van der Waals surface area contributed by atoms with Crippen molar-refractivity contribution in [3.05, 3.63) is 36.7 Å². The lowest BCUT2D eigenvalue weighted by molar-refractivity contribution is -0.657. The Balaban J connectivity index is 1.64. The summed E-state index contributed by atoms with van der Waals surface area (Å²) in [5.41, 5.74) is 7.02. The molecule has 14 heteroatoms. The molecule has 12 nitrogen and oxygen atoms in total. The molecule has 0 fully saturated rings. The number of imidazole rings is 1. The molecular weight excluding hydrogens is 474 g/mol. The molecular formula is C20H30N11OS2+. The van der Waals surface area contributed by atoms with Crippen LogP contribution in [0.2, 0.25) is 0 Å². The van der Waals surface area contributed by atoms with E-state index in [0.717, 1.165) is 28.8 Å². The summed E-state index contributed by atoms with van der Waals surface area (Å²) in [4.78, 5) is 13.2. The van der Waals surface area contributed by atoms with Crippen molar-refractivity contribution in [2.24, 2.45) is 30.1 Å². The molecule has 3 aromatic rings. The Bertz CT molecular complexity index is 1040. The van der Waals surface area contributed by atoms with Crippen LogP contribution in [-0.4, -0.2) is 62.4 Å². The Morgan fingerprint density at radius 3 is 2.32 bits per heavy atom. The number of hydrogen-bond donors (Lipinski definition) is 5. The molecule has 0 aliphatic heterocycles. The Labute approximate surface area is 206 Å². The van der Waals surface area contributed by atoms with Crippen molar-refractivity contribution in [3.8, 4) is 0 Å². The first kappa shape index (κ1) is 25.7. The Hall–Kier alpha value is -2.94. The van der Waals surface area contributed by atoms with Gasteiger partial charge in [0.1, 0.15) is 5.69 Å². The third-order valence-corrected chi connectivity index (χ3v) is 6.75. The molecule has 0 saturated carbocycles. The number of rotatable bonds is 14. The van der Waals surface area contributed by atoms with E-state index in [9.17, 15) is 0 Å². The quantitative estimate of drug-likeness (QED) is 0.0956. The van der Waals surface area contributed by atoms with E-state index in [1.165, 1.54) is 0 Å². The van der Waals surface area contributed by atoms with Crippen LogP contribution >= 0.6 is 21.6 Å². The first-order valence-corrected chi connectivity index (χ1v) is 13.2. The number of nitrogens with one attached hydrogen (secondary N) is 3. The van der Waals surface area contributed by atoms with E-state index in [2.05, 4.69) is 41.1 Å². The van der Waals surface area contributed by atoms with Gasteiger partial charge in [0.15, 0.2) is 0 Å². The van der Waals surface area contributed by atoms with Crippen molar-refractivity contribution in [3.63, 3.8) is 0 Å². The van der Waals surface area contributed by atoms with Gasteiger partial charge in [-0.3, -0.25) is 0 Å². The van der Waals surface area contributed by atoms with Gasteiger partial charge in [-0.1, -0.05) is 26.7 Å². The summed E-state index contributed by atoms with van der Waals surface area (Å²) in [5.74, 6) is 3.75. The number of hydrogen-bond acceptors (Lipinski definition) is 12. The molecule has 3 rings (SSSR count). The van der Waals surface area contributed by atoms with Gasteiger partial charge in [-0.05, 0) is 24.3 Å². The minimum atomic E-state index is -0.0248. The predicted molar refractivity (Wildman–Crippen MR) is 138 cm³/mol. The fourth-order valence-electron chi connectivity index (χ4n) is 2.69. The molecule has 0 amide bonds. The molecule has 2 aromatic heterocycles. The first-order valence-electron chi connectivity index (χ1n) is 10.7.